The van der Waals surface area contributed by atoms with Crippen molar-refractivity contribution >= 4 is 17.3 Å². The van der Waals surface area contributed by atoms with Crippen LogP contribution in [0.2, 0.25) is 0 Å². The summed E-state index contributed by atoms with van der Waals surface area (Å²) in [4.78, 5) is 11.9. The second-order valence-corrected chi connectivity index (χ2v) is 4.78. The van der Waals surface area contributed by atoms with Gasteiger partial charge in [0.15, 0.2) is 0 Å². The lowest BCUT2D eigenvalue weighted by atomic mass is 10.1. The second-order valence-electron chi connectivity index (χ2n) is 4.78. The van der Waals surface area contributed by atoms with Gasteiger partial charge in [0.25, 0.3) is 5.91 Å². The highest BCUT2D eigenvalue weighted by Crippen LogP contribution is 2.34. The minimum absolute atomic E-state index is 0.224. The largest absolute Gasteiger partial charge is 0.368 e. The van der Waals surface area contributed by atoms with Crippen LogP contribution < -0.4 is 10.6 Å². The fraction of sp³-hybridized carbons (Fsp3) is 0.133. The highest BCUT2D eigenvalue weighted by molar-refractivity contribution is 6.04. The van der Waals surface area contributed by atoms with Crippen LogP contribution in [-0.4, -0.2) is 5.91 Å². The zero-order chi connectivity index (χ0) is 14.3. The molecule has 0 aliphatic carbocycles. The number of aryl methyl sites for hydroxylation is 1. The number of benzene rings is 2. The molecule has 2 N–H and O–H groups in total. The van der Waals surface area contributed by atoms with Crippen LogP contribution in [0.25, 0.3) is 0 Å². The Balaban J connectivity index is 1.97. The molecule has 20 heavy (non-hydrogen) atoms. The van der Waals surface area contributed by atoms with E-state index in [1.807, 2.05) is 6.92 Å². The highest BCUT2D eigenvalue weighted by Gasteiger charge is 2.31. The van der Waals surface area contributed by atoms with Crippen molar-refractivity contribution in [3.05, 3.63) is 59.2 Å². The average Bonchev–Trinajstić information content (AvgIpc) is 2.70. The van der Waals surface area contributed by atoms with E-state index < -0.39 is 17.7 Å². The quantitative estimate of drug-likeness (QED) is 0.881. The summed E-state index contributed by atoms with van der Waals surface area (Å²) < 4.78 is 27.0. The Kier molecular flexibility index (Phi) is 2.89. The number of anilines is 2. The smallest absolute Gasteiger partial charge is 0.251 e. The Hall–Kier alpha value is -2.43. The van der Waals surface area contributed by atoms with E-state index in [0.717, 1.165) is 5.56 Å². The van der Waals surface area contributed by atoms with Crippen LogP contribution in [0.4, 0.5) is 20.2 Å². The minimum Gasteiger partial charge on any atom is -0.368 e. The Morgan fingerprint density at radius 2 is 1.95 bits per heavy atom. The van der Waals surface area contributed by atoms with E-state index in [-0.39, 0.29) is 11.6 Å². The van der Waals surface area contributed by atoms with Gasteiger partial charge >= 0.3 is 0 Å². The summed E-state index contributed by atoms with van der Waals surface area (Å²) >= 11 is 0. The molecule has 1 unspecified atom stereocenters. The highest BCUT2D eigenvalue weighted by atomic mass is 19.1. The van der Waals surface area contributed by atoms with E-state index in [1.165, 1.54) is 24.3 Å². The molecule has 0 saturated carbocycles. The number of hydrogen-bond donors (Lipinski definition) is 2. The van der Waals surface area contributed by atoms with Gasteiger partial charge in [-0.1, -0.05) is 6.07 Å². The Morgan fingerprint density at radius 3 is 2.75 bits per heavy atom. The number of rotatable bonds is 2. The van der Waals surface area contributed by atoms with E-state index in [2.05, 4.69) is 10.6 Å². The van der Waals surface area contributed by atoms with Gasteiger partial charge in [-0.15, -0.1) is 0 Å². The van der Waals surface area contributed by atoms with Crippen LogP contribution >= 0.6 is 0 Å². The van der Waals surface area contributed by atoms with Gasteiger partial charge in [0, 0.05) is 11.3 Å². The van der Waals surface area contributed by atoms with Gasteiger partial charge in [-0.2, -0.15) is 0 Å². The van der Waals surface area contributed by atoms with Crippen LogP contribution in [-0.2, 0) is 4.79 Å². The molecular weight excluding hydrogens is 262 g/mol. The molecule has 1 atom stereocenters. The first-order chi connectivity index (χ1) is 9.54. The Bertz CT molecular complexity index is 700. The molecule has 0 aromatic heterocycles. The number of amides is 1. The van der Waals surface area contributed by atoms with Crippen molar-refractivity contribution in [2.75, 3.05) is 10.6 Å². The summed E-state index contributed by atoms with van der Waals surface area (Å²) in [6.07, 6.45) is 0. The predicted octanol–water partition coefficient (Wildman–Crippen LogP) is 3.38. The third kappa shape index (κ3) is 2.11. The standard InChI is InChI=1S/C15H12F2N2O/c1-8-2-4-11(17)13(6-8)18-14-10-7-9(16)3-5-12(10)19-15(14)20/h2-7,14,18H,1H3,(H,19,20). The molecule has 0 radical (unpaired) electrons. The molecule has 5 heteroatoms. The molecule has 1 aliphatic heterocycles. The van der Waals surface area contributed by atoms with Crippen LogP contribution in [0.1, 0.15) is 17.2 Å². The van der Waals surface area contributed by atoms with E-state index in [9.17, 15) is 13.6 Å². The first kappa shape index (κ1) is 12.6. The molecule has 2 aromatic rings. The zero-order valence-corrected chi connectivity index (χ0v) is 10.7. The molecule has 0 bridgehead atoms. The van der Waals surface area contributed by atoms with Crippen LogP contribution in [0.3, 0.4) is 0 Å². The summed E-state index contributed by atoms with van der Waals surface area (Å²) in [7, 11) is 0. The first-order valence-electron chi connectivity index (χ1n) is 6.17. The van der Waals surface area contributed by atoms with E-state index >= 15 is 0 Å². The number of carbonyl (C=O) groups is 1. The van der Waals surface area contributed by atoms with Gasteiger partial charge in [-0.3, -0.25) is 4.79 Å². The van der Waals surface area contributed by atoms with Crippen molar-refractivity contribution in [2.24, 2.45) is 0 Å². The fourth-order valence-electron chi connectivity index (χ4n) is 2.28. The van der Waals surface area contributed by atoms with Gasteiger partial charge in [0.2, 0.25) is 0 Å². The van der Waals surface area contributed by atoms with Crippen molar-refractivity contribution in [1.29, 1.82) is 0 Å². The Morgan fingerprint density at radius 1 is 1.15 bits per heavy atom. The minimum atomic E-state index is -0.794. The molecule has 1 aliphatic rings. The molecule has 0 saturated heterocycles. The maximum Gasteiger partial charge on any atom is 0.251 e. The van der Waals surface area contributed by atoms with Gasteiger partial charge < -0.3 is 10.6 Å². The number of hydrogen-bond acceptors (Lipinski definition) is 2. The normalized spacial score (nSPS) is 16.8. The summed E-state index contributed by atoms with van der Waals surface area (Å²) in [5.41, 5.74) is 2.12. The number of halogens is 2. The van der Waals surface area contributed by atoms with Crippen molar-refractivity contribution in [3.8, 4) is 0 Å². The van der Waals surface area contributed by atoms with Crippen molar-refractivity contribution < 1.29 is 13.6 Å². The topological polar surface area (TPSA) is 41.1 Å². The third-order valence-corrected chi connectivity index (χ3v) is 3.27. The van der Waals surface area contributed by atoms with Gasteiger partial charge in [-0.25, -0.2) is 8.78 Å². The summed E-state index contributed by atoms with van der Waals surface area (Å²) in [6.45, 7) is 1.83. The molecule has 1 heterocycles. The van der Waals surface area contributed by atoms with E-state index in [4.69, 9.17) is 0 Å². The van der Waals surface area contributed by atoms with Gasteiger partial charge in [-0.05, 0) is 42.8 Å². The molecule has 0 spiro atoms. The molecule has 2 aromatic carbocycles. The summed E-state index contributed by atoms with van der Waals surface area (Å²) in [5.74, 6) is -1.21. The van der Waals surface area contributed by atoms with Gasteiger partial charge in [0.05, 0.1) is 5.69 Å². The molecule has 1 amide bonds. The molecule has 3 nitrogen and oxygen atoms in total. The van der Waals surface area contributed by atoms with Crippen LogP contribution in [0.5, 0.6) is 0 Å². The monoisotopic (exact) mass is 274 g/mol. The lowest BCUT2D eigenvalue weighted by Gasteiger charge is -2.14. The summed E-state index contributed by atoms with van der Waals surface area (Å²) in [5, 5.41) is 5.47. The number of carbonyl (C=O) groups excluding carboxylic acids is 1. The lowest BCUT2D eigenvalue weighted by Crippen LogP contribution is -2.20. The summed E-state index contributed by atoms with van der Waals surface area (Å²) in [6, 6.07) is 7.83. The molecule has 3 rings (SSSR count). The predicted molar refractivity (Wildman–Crippen MR) is 72.5 cm³/mol. The van der Waals surface area contributed by atoms with Crippen molar-refractivity contribution in [3.63, 3.8) is 0 Å². The number of fused-ring (bicyclic) bond motifs is 1. The van der Waals surface area contributed by atoms with Crippen LogP contribution in [0, 0.1) is 18.6 Å². The first-order valence-corrected chi connectivity index (χ1v) is 6.17. The van der Waals surface area contributed by atoms with Crippen LogP contribution in [0.15, 0.2) is 36.4 Å². The van der Waals surface area contributed by atoms with E-state index in [1.54, 1.807) is 12.1 Å². The van der Waals surface area contributed by atoms with Gasteiger partial charge in [0.1, 0.15) is 17.7 Å². The third-order valence-electron chi connectivity index (χ3n) is 3.27. The molecule has 102 valence electrons. The maximum atomic E-state index is 13.7. The maximum absolute atomic E-state index is 13.7. The van der Waals surface area contributed by atoms with Crippen molar-refractivity contribution in [1.82, 2.24) is 0 Å². The zero-order valence-electron chi connectivity index (χ0n) is 10.7. The Labute approximate surface area is 114 Å². The lowest BCUT2D eigenvalue weighted by molar-refractivity contribution is -0.116. The average molecular weight is 274 g/mol. The second kappa shape index (κ2) is 4.59. The molecule has 0 fully saturated rings. The SMILES string of the molecule is Cc1ccc(F)c(NC2C(=O)Nc3ccc(F)cc32)c1. The van der Waals surface area contributed by atoms with E-state index in [0.29, 0.717) is 11.3 Å². The van der Waals surface area contributed by atoms with Crippen molar-refractivity contribution in [2.45, 2.75) is 13.0 Å². The number of nitrogens with one attached hydrogen (secondary N) is 2. The molecular formula is C15H12F2N2O. The fourth-order valence-corrected chi connectivity index (χ4v) is 2.28.